The molecule has 2 N–H and O–H groups in total. The van der Waals surface area contributed by atoms with E-state index in [9.17, 15) is 8.42 Å². The molecule has 0 atom stereocenters. The summed E-state index contributed by atoms with van der Waals surface area (Å²) in [4.78, 5) is 0. The zero-order valence-electron chi connectivity index (χ0n) is 3.12. The van der Waals surface area contributed by atoms with Crippen molar-refractivity contribution in [2.45, 2.75) is 0 Å². The average molecular weight is 146 g/mol. The average Bonchev–Trinajstić information content (AvgIpc) is 1.30. The molecule has 0 saturated heterocycles. The third kappa shape index (κ3) is 9.50. The van der Waals surface area contributed by atoms with E-state index in [-0.39, 0.29) is 29.6 Å². The number of hydrogen-bond acceptors (Lipinski definition) is 3. The first-order valence-corrected chi connectivity index (χ1v) is 2.63. The Morgan fingerprint density at radius 3 is 2.00 bits per heavy atom. The van der Waals surface area contributed by atoms with E-state index >= 15 is 0 Å². The third-order valence-corrected chi connectivity index (χ3v) is 0.524. The minimum atomic E-state index is -4.29. The van der Waals surface area contributed by atoms with Gasteiger partial charge in [0.25, 0.3) is 0 Å². The van der Waals surface area contributed by atoms with Gasteiger partial charge in [0.15, 0.2) is 6.19 Å². The summed E-state index contributed by atoms with van der Waals surface area (Å²) in [6, 6.07) is 0. The van der Waals surface area contributed by atoms with Crippen LogP contribution in [0.25, 0.3) is 0 Å². The molecule has 42 valence electrons. The van der Waals surface area contributed by atoms with Crippen molar-refractivity contribution >= 4 is 39.9 Å². The molecular weight excluding hydrogens is 143 g/mol. The summed E-state index contributed by atoms with van der Waals surface area (Å²) in [5.41, 5.74) is 0. The second-order valence-electron chi connectivity index (χ2n) is 0.689. The van der Waals surface area contributed by atoms with E-state index in [1.807, 2.05) is 0 Å². The van der Waals surface area contributed by atoms with Gasteiger partial charge in [-0.1, -0.05) is 0 Å². The van der Waals surface area contributed by atoms with Crippen LogP contribution in [0.4, 0.5) is 0 Å². The van der Waals surface area contributed by atoms with Crippen LogP contribution in [0.15, 0.2) is 0 Å². The number of hydrogen-bond donors (Lipinski definition) is 2. The molecular formula is CH3N2NaO3S. The summed E-state index contributed by atoms with van der Waals surface area (Å²) in [6.07, 6.45) is 1.02. The molecule has 0 unspecified atom stereocenters. The Bertz CT molecular complexity index is 178. The number of nitrogens with zero attached hydrogens (tertiary/aromatic N) is 1. The van der Waals surface area contributed by atoms with Crippen LogP contribution in [0.5, 0.6) is 0 Å². The van der Waals surface area contributed by atoms with Crippen LogP contribution >= 0.6 is 0 Å². The molecule has 7 heteroatoms. The molecule has 8 heavy (non-hydrogen) atoms. The van der Waals surface area contributed by atoms with Crippen molar-refractivity contribution in [1.82, 2.24) is 4.72 Å². The summed E-state index contributed by atoms with van der Waals surface area (Å²) >= 11 is 0. The Morgan fingerprint density at radius 2 is 2.00 bits per heavy atom. The maximum atomic E-state index is 9.45. The SMILES string of the molecule is N#CNS(=O)(=O)O.[NaH]. The van der Waals surface area contributed by atoms with E-state index in [0.717, 1.165) is 10.9 Å². The monoisotopic (exact) mass is 146 g/mol. The summed E-state index contributed by atoms with van der Waals surface area (Å²) in [6.45, 7) is 0. The Morgan fingerprint density at radius 1 is 1.62 bits per heavy atom. The molecule has 5 nitrogen and oxygen atoms in total. The quantitative estimate of drug-likeness (QED) is 0.198. The molecule has 0 bridgehead atoms. The second kappa shape index (κ2) is 4.12. The van der Waals surface area contributed by atoms with Gasteiger partial charge in [0, 0.05) is 0 Å². The Hall–Kier alpha value is 0.200. The summed E-state index contributed by atoms with van der Waals surface area (Å²) in [5, 5.41) is 7.50. The fourth-order valence-electron chi connectivity index (χ4n) is 0.0577. The third-order valence-electron chi connectivity index (χ3n) is 0.175. The van der Waals surface area contributed by atoms with Crippen molar-refractivity contribution in [3.05, 3.63) is 0 Å². The van der Waals surface area contributed by atoms with Gasteiger partial charge >= 0.3 is 39.9 Å². The Balaban J connectivity index is 0. The van der Waals surface area contributed by atoms with Crippen LogP contribution in [0.3, 0.4) is 0 Å². The predicted octanol–water partition coefficient (Wildman–Crippen LogP) is -1.79. The van der Waals surface area contributed by atoms with Crippen molar-refractivity contribution < 1.29 is 13.0 Å². The van der Waals surface area contributed by atoms with Crippen LogP contribution < -0.4 is 4.72 Å². The summed E-state index contributed by atoms with van der Waals surface area (Å²) < 4.78 is 27.7. The summed E-state index contributed by atoms with van der Waals surface area (Å²) in [7, 11) is -4.29. The van der Waals surface area contributed by atoms with E-state index in [0.29, 0.717) is 0 Å². The van der Waals surface area contributed by atoms with Crippen LogP contribution in [0.1, 0.15) is 0 Å². The number of nitrogens with one attached hydrogen (secondary N) is 1. The first-order chi connectivity index (χ1) is 3.06. The van der Waals surface area contributed by atoms with Crippen LogP contribution in [-0.4, -0.2) is 42.5 Å². The van der Waals surface area contributed by atoms with Crippen LogP contribution in [0, 0.1) is 11.5 Å². The second-order valence-corrected chi connectivity index (χ2v) is 1.84. The molecule has 0 radical (unpaired) electrons. The molecule has 0 aliphatic rings. The van der Waals surface area contributed by atoms with Gasteiger partial charge in [-0.25, -0.2) is 0 Å². The predicted molar refractivity (Wildman–Crippen MR) is 27.4 cm³/mol. The van der Waals surface area contributed by atoms with Gasteiger partial charge in [0.1, 0.15) is 0 Å². The minimum absolute atomic E-state index is 0. The molecule has 0 aliphatic carbocycles. The van der Waals surface area contributed by atoms with E-state index in [4.69, 9.17) is 9.81 Å². The molecule has 0 aromatic rings. The summed E-state index contributed by atoms with van der Waals surface area (Å²) in [5.74, 6) is 0. The molecule has 0 heterocycles. The fourth-order valence-corrected chi connectivity index (χ4v) is 0.173. The molecule has 0 aromatic carbocycles. The van der Waals surface area contributed by atoms with Gasteiger partial charge < -0.3 is 0 Å². The van der Waals surface area contributed by atoms with Gasteiger partial charge in [-0.05, 0) is 0 Å². The van der Waals surface area contributed by atoms with E-state index in [1.165, 1.54) is 0 Å². The van der Waals surface area contributed by atoms with Gasteiger partial charge in [-0.2, -0.15) is 18.4 Å². The van der Waals surface area contributed by atoms with Crippen LogP contribution in [-0.2, 0) is 10.3 Å². The molecule has 0 saturated carbocycles. The zero-order chi connectivity index (χ0) is 5.91. The van der Waals surface area contributed by atoms with Gasteiger partial charge in [-0.3, -0.25) is 4.55 Å². The van der Waals surface area contributed by atoms with Crippen molar-refractivity contribution in [2.24, 2.45) is 0 Å². The van der Waals surface area contributed by atoms with Crippen molar-refractivity contribution in [1.29, 1.82) is 5.26 Å². The van der Waals surface area contributed by atoms with E-state index in [2.05, 4.69) is 0 Å². The molecule has 0 rings (SSSR count). The Labute approximate surface area is 68.9 Å². The number of rotatable bonds is 1. The zero-order valence-corrected chi connectivity index (χ0v) is 3.94. The molecule has 0 amide bonds. The molecule has 0 aromatic heterocycles. The van der Waals surface area contributed by atoms with Crippen molar-refractivity contribution in [3.8, 4) is 6.19 Å². The molecule has 0 spiro atoms. The maximum absolute atomic E-state index is 9.45. The standard InChI is InChI=1S/CH2N2O3S.Na.H/c2-1-3-7(4,5)6;;/h3H,(H,4,5,6);;. The Kier molecular flexibility index (Phi) is 5.69. The normalized spacial score (nSPS) is 8.50. The van der Waals surface area contributed by atoms with Crippen LogP contribution in [0.2, 0.25) is 0 Å². The van der Waals surface area contributed by atoms with Crippen molar-refractivity contribution in [2.75, 3.05) is 0 Å². The van der Waals surface area contributed by atoms with E-state index < -0.39 is 10.3 Å². The first-order valence-electron chi connectivity index (χ1n) is 1.19. The van der Waals surface area contributed by atoms with Gasteiger partial charge in [0.05, 0.1) is 0 Å². The molecule has 0 aliphatic heterocycles. The topological polar surface area (TPSA) is 90.2 Å². The van der Waals surface area contributed by atoms with Gasteiger partial charge in [-0.15, -0.1) is 0 Å². The van der Waals surface area contributed by atoms with Gasteiger partial charge in [0.2, 0.25) is 0 Å². The number of nitriles is 1. The fraction of sp³-hybridized carbons (Fsp3) is 0. The molecule has 0 fully saturated rings. The van der Waals surface area contributed by atoms with E-state index in [1.54, 1.807) is 0 Å². The first kappa shape index (κ1) is 11.1. The van der Waals surface area contributed by atoms with Crippen molar-refractivity contribution in [3.63, 3.8) is 0 Å².